The highest BCUT2D eigenvalue weighted by atomic mass is 16.5. The molecular weight excluding hydrogens is 664 g/mol. The van der Waals surface area contributed by atoms with Gasteiger partial charge < -0.3 is 40.6 Å². The fourth-order valence-electron chi connectivity index (χ4n) is 5.24. The largest absolute Gasteiger partial charge is 0.493 e. The molecule has 0 unspecified atom stereocenters. The van der Waals surface area contributed by atoms with Gasteiger partial charge in [0.1, 0.15) is 34.4 Å². The first-order valence-corrected chi connectivity index (χ1v) is 16.6. The number of ether oxygens (including phenoxy) is 4. The number of carbonyl (C=O) groups is 3. The van der Waals surface area contributed by atoms with Crippen LogP contribution in [0.4, 0.5) is 11.4 Å². The minimum absolute atomic E-state index is 0.151. The third-order valence-electron chi connectivity index (χ3n) is 7.83. The first-order valence-electron chi connectivity index (χ1n) is 16.6. The van der Waals surface area contributed by atoms with Crippen molar-refractivity contribution in [2.24, 2.45) is 0 Å². The Morgan fingerprint density at radius 2 is 1.25 bits per heavy atom. The number of carbonyl (C=O) groups excluding carboxylic acids is 3. The molecule has 0 radical (unpaired) electrons. The number of methoxy groups -OCH3 is 1. The van der Waals surface area contributed by atoms with Crippen LogP contribution < -0.4 is 40.6 Å². The lowest BCUT2D eigenvalue weighted by atomic mass is 10.1. The van der Waals surface area contributed by atoms with Crippen LogP contribution >= 0.6 is 0 Å². The second-order valence-corrected chi connectivity index (χ2v) is 11.6. The van der Waals surface area contributed by atoms with Crippen molar-refractivity contribution in [3.63, 3.8) is 0 Å². The van der Waals surface area contributed by atoms with E-state index in [9.17, 15) is 14.4 Å². The lowest BCUT2D eigenvalue weighted by molar-refractivity contribution is 0.0950. The maximum atomic E-state index is 12.9. The lowest BCUT2D eigenvalue weighted by Crippen LogP contribution is -2.18. The van der Waals surface area contributed by atoms with Gasteiger partial charge in [0, 0.05) is 67.7 Å². The van der Waals surface area contributed by atoms with Gasteiger partial charge >= 0.3 is 0 Å². The van der Waals surface area contributed by atoms with Gasteiger partial charge in [-0.1, -0.05) is 12.1 Å². The van der Waals surface area contributed by atoms with Gasteiger partial charge in [-0.25, -0.2) is 0 Å². The van der Waals surface area contributed by atoms with Crippen molar-refractivity contribution >= 4 is 29.1 Å². The molecule has 1 saturated carbocycles. The van der Waals surface area contributed by atoms with E-state index < -0.39 is 0 Å². The zero-order chi connectivity index (χ0) is 36.9. The number of rotatable bonds is 11. The molecule has 1 aliphatic carbocycles. The number of anilines is 2. The minimum Gasteiger partial charge on any atom is -0.493 e. The number of amides is 3. The Balaban J connectivity index is 0.000000244. The maximum Gasteiger partial charge on any atom is 0.269 e. The van der Waals surface area contributed by atoms with E-state index >= 15 is 0 Å². The summed E-state index contributed by atoms with van der Waals surface area (Å²) in [5.41, 5.74) is 7.86. The number of pyridine rings is 2. The molecule has 3 aromatic carbocycles. The summed E-state index contributed by atoms with van der Waals surface area (Å²) in [6.07, 6.45) is 7.49. The van der Waals surface area contributed by atoms with Crippen LogP contribution in [0, 0.1) is 0 Å². The number of nitrogens with two attached hydrogens (primary N) is 1. The summed E-state index contributed by atoms with van der Waals surface area (Å²) in [4.78, 5) is 44.1. The highest BCUT2D eigenvalue weighted by Gasteiger charge is 2.20. The van der Waals surface area contributed by atoms with Gasteiger partial charge in [0.2, 0.25) is 0 Å². The molecule has 268 valence electrons. The van der Waals surface area contributed by atoms with Crippen molar-refractivity contribution < 1.29 is 33.3 Å². The number of hydrogen-bond donors (Lipinski definition) is 4. The fourth-order valence-corrected chi connectivity index (χ4v) is 5.24. The molecular formula is C39H40N6O7. The predicted molar refractivity (Wildman–Crippen MR) is 197 cm³/mol. The summed E-state index contributed by atoms with van der Waals surface area (Å²) in [5, 5.41) is 7.92. The standard InChI is InChI=1S/C26H27N3O5.C13H13N3O2/c1-27-26(31)22-16-21(12-13-28-22)33-20-9-5-6-18(15-20)29-25(30)17-10-11-23(32-2)24(14-17)34-19-7-3-4-8-19;1-15-13(17)12-8-11(5-6-16-12)18-10-4-2-3-9(14)7-10/h5-6,9-16,19H,3-4,7-8H2,1-2H3,(H,27,31)(H,29,30);2-8H,14H2,1H3,(H,15,17). The molecule has 52 heavy (non-hydrogen) atoms. The second-order valence-electron chi connectivity index (χ2n) is 11.6. The molecule has 0 bridgehead atoms. The Kier molecular flexibility index (Phi) is 12.6. The molecule has 5 aromatic rings. The van der Waals surface area contributed by atoms with Gasteiger partial charge in [-0.15, -0.1) is 0 Å². The van der Waals surface area contributed by atoms with E-state index in [1.165, 1.54) is 19.4 Å². The van der Waals surface area contributed by atoms with Crippen LogP contribution in [0.25, 0.3) is 0 Å². The number of nitrogen functional groups attached to an aromatic ring is 1. The van der Waals surface area contributed by atoms with Crippen molar-refractivity contribution in [1.29, 1.82) is 0 Å². The van der Waals surface area contributed by atoms with Crippen LogP contribution in [0.1, 0.15) is 57.0 Å². The fraction of sp³-hybridized carbons (Fsp3) is 0.205. The molecule has 2 heterocycles. The molecule has 5 N–H and O–H groups in total. The quantitative estimate of drug-likeness (QED) is 0.109. The van der Waals surface area contributed by atoms with Crippen LogP contribution in [0.3, 0.4) is 0 Å². The molecule has 0 saturated heterocycles. The Hall–Kier alpha value is -6.63. The van der Waals surface area contributed by atoms with Gasteiger partial charge in [0.05, 0.1) is 13.2 Å². The summed E-state index contributed by atoms with van der Waals surface area (Å²) < 4.78 is 23.0. The zero-order valence-corrected chi connectivity index (χ0v) is 29.1. The smallest absolute Gasteiger partial charge is 0.269 e. The van der Waals surface area contributed by atoms with Gasteiger partial charge in [0.25, 0.3) is 17.7 Å². The van der Waals surface area contributed by atoms with Crippen LogP contribution in [0.5, 0.6) is 34.5 Å². The lowest BCUT2D eigenvalue weighted by Gasteiger charge is -2.17. The average molecular weight is 705 g/mol. The number of nitrogens with zero attached hydrogens (tertiary/aromatic N) is 2. The van der Waals surface area contributed by atoms with E-state index in [1.807, 2.05) is 0 Å². The van der Waals surface area contributed by atoms with E-state index in [4.69, 9.17) is 24.7 Å². The van der Waals surface area contributed by atoms with E-state index in [0.717, 1.165) is 25.7 Å². The Labute approximate surface area is 301 Å². The molecule has 0 atom stereocenters. The predicted octanol–water partition coefficient (Wildman–Crippen LogP) is 6.63. The van der Waals surface area contributed by atoms with Crippen molar-refractivity contribution in [3.05, 3.63) is 120 Å². The molecule has 3 amide bonds. The molecule has 13 nitrogen and oxygen atoms in total. The normalized spacial score (nSPS) is 12.1. The summed E-state index contributed by atoms with van der Waals surface area (Å²) in [6.45, 7) is 0. The SMILES string of the molecule is CNC(=O)c1cc(Oc2cccc(N)c2)ccn1.CNC(=O)c1cc(Oc2cccc(NC(=O)c3ccc(OC)c(OC4CCCC4)c3)c2)ccn1. The van der Waals surface area contributed by atoms with Crippen LogP contribution in [0.15, 0.2) is 103 Å². The van der Waals surface area contributed by atoms with E-state index in [1.54, 1.807) is 105 Å². The highest BCUT2D eigenvalue weighted by molar-refractivity contribution is 6.04. The van der Waals surface area contributed by atoms with E-state index in [2.05, 4.69) is 25.9 Å². The number of nitrogens with one attached hydrogen (secondary N) is 3. The van der Waals surface area contributed by atoms with Crippen LogP contribution in [0.2, 0.25) is 0 Å². The van der Waals surface area contributed by atoms with Crippen molar-refractivity contribution in [2.45, 2.75) is 31.8 Å². The molecule has 13 heteroatoms. The third-order valence-corrected chi connectivity index (χ3v) is 7.83. The topological polar surface area (TPSA) is 176 Å². The maximum absolute atomic E-state index is 12.9. The molecule has 2 aromatic heterocycles. The summed E-state index contributed by atoms with van der Waals surface area (Å²) in [5.74, 6) is 2.46. The number of aromatic nitrogens is 2. The number of hydrogen-bond acceptors (Lipinski definition) is 10. The molecule has 1 fully saturated rings. The highest BCUT2D eigenvalue weighted by Crippen LogP contribution is 2.33. The van der Waals surface area contributed by atoms with E-state index in [0.29, 0.717) is 57.1 Å². The van der Waals surface area contributed by atoms with Crippen molar-refractivity contribution in [3.8, 4) is 34.5 Å². The summed E-state index contributed by atoms with van der Waals surface area (Å²) in [7, 11) is 4.67. The Bertz CT molecular complexity index is 2020. The Morgan fingerprint density at radius 3 is 1.83 bits per heavy atom. The Morgan fingerprint density at radius 1 is 0.673 bits per heavy atom. The molecule has 1 aliphatic rings. The van der Waals surface area contributed by atoms with Crippen LogP contribution in [-0.2, 0) is 0 Å². The summed E-state index contributed by atoms with van der Waals surface area (Å²) in [6, 6.07) is 25.7. The van der Waals surface area contributed by atoms with Gasteiger partial charge in [-0.2, -0.15) is 0 Å². The van der Waals surface area contributed by atoms with Gasteiger partial charge in [-0.05, 0) is 80.3 Å². The minimum atomic E-state index is -0.303. The van der Waals surface area contributed by atoms with Crippen molar-refractivity contribution in [2.75, 3.05) is 32.3 Å². The average Bonchev–Trinajstić information content (AvgIpc) is 3.68. The third kappa shape index (κ3) is 10.2. The molecule has 0 spiro atoms. The van der Waals surface area contributed by atoms with Crippen molar-refractivity contribution in [1.82, 2.24) is 20.6 Å². The first kappa shape index (κ1) is 36.6. The zero-order valence-electron chi connectivity index (χ0n) is 29.1. The second kappa shape index (κ2) is 17.9. The molecule has 6 rings (SSSR count). The van der Waals surface area contributed by atoms with E-state index in [-0.39, 0.29) is 29.5 Å². The number of benzene rings is 3. The monoisotopic (exact) mass is 704 g/mol. The van der Waals surface area contributed by atoms with Crippen LogP contribution in [-0.4, -0.2) is 55.0 Å². The van der Waals surface area contributed by atoms with Gasteiger partial charge in [-0.3, -0.25) is 24.4 Å². The first-order chi connectivity index (χ1) is 25.2. The van der Waals surface area contributed by atoms with Gasteiger partial charge in [0.15, 0.2) is 11.5 Å². The summed E-state index contributed by atoms with van der Waals surface area (Å²) >= 11 is 0. The molecule has 0 aliphatic heterocycles.